The van der Waals surface area contributed by atoms with Gasteiger partial charge in [0.1, 0.15) is 0 Å². The predicted octanol–water partition coefficient (Wildman–Crippen LogP) is 1.18. The normalized spacial score (nSPS) is 9.21. The smallest absolute Gasteiger partial charge is 0.325 e. The molecule has 6 nitrogen and oxygen atoms in total. The lowest BCUT2D eigenvalue weighted by molar-refractivity contribution is -0.138. The molecule has 3 amide bonds. The number of benzene rings is 1. The molecule has 19 heavy (non-hydrogen) atoms. The van der Waals surface area contributed by atoms with Gasteiger partial charge >= 0.3 is 12.0 Å². The minimum Gasteiger partial charge on any atom is -0.481 e. The fourth-order valence-electron chi connectivity index (χ4n) is 1.26. The van der Waals surface area contributed by atoms with Gasteiger partial charge in [-0.15, -0.1) is 6.42 Å². The van der Waals surface area contributed by atoms with E-state index in [0.717, 1.165) is 0 Å². The third-order valence-corrected chi connectivity index (χ3v) is 2.11. The van der Waals surface area contributed by atoms with Crippen molar-refractivity contribution in [2.75, 3.05) is 5.32 Å². The van der Waals surface area contributed by atoms with Gasteiger partial charge in [0.05, 0.1) is 6.42 Å². The first-order valence-corrected chi connectivity index (χ1v) is 5.40. The summed E-state index contributed by atoms with van der Waals surface area (Å²) in [5, 5.41) is 12.8. The van der Waals surface area contributed by atoms with Gasteiger partial charge in [-0.3, -0.25) is 14.9 Å². The van der Waals surface area contributed by atoms with Crippen LogP contribution in [0.4, 0.5) is 10.5 Å². The Bertz CT molecular complexity index is 546. The van der Waals surface area contributed by atoms with Crippen LogP contribution in [0.5, 0.6) is 0 Å². The lowest BCUT2D eigenvalue weighted by atomic mass is 10.2. The third kappa shape index (κ3) is 5.37. The third-order valence-electron chi connectivity index (χ3n) is 2.11. The zero-order valence-corrected chi connectivity index (χ0v) is 9.97. The number of carbonyl (C=O) groups excluding carboxylic acids is 2. The molecule has 0 saturated carbocycles. The first kappa shape index (κ1) is 14.3. The number of urea groups is 1. The van der Waals surface area contributed by atoms with E-state index in [-0.39, 0.29) is 12.8 Å². The summed E-state index contributed by atoms with van der Waals surface area (Å²) in [7, 11) is 0. The second-order valence-corrected chi connectivity index (χ2v) is 3.62. The SMILES string of the molecule is C#Cc1cccc(NC(=O)NC(=O)CCC(=O)O)c1. The van der Waals surface area contributed by atoms with Gasteiger partial charge in [-0.1, -0.05) is 12.0 Å². The first-order chi connectivity index (χ1) is 9.01. The Hall–Kier alpha value is -2.81. The van der Waals surface area contributed by atoms with Crippen molar-refractivity contribution in [1.82, 2.24) is 5.32 Å². The number of carboxylic acids is 1. The molecule has 0 fully saturated rings. The van der Waals surface area contributed by atoms with Crippen molar-refractivity contribution in [2.24, 2.45) is 0 Å². The number of nitrogens with one attached hydrogen (secondary N) is 2. The summed E-state index contributed by atoms with van der Waals surface area (Å²) in [6.07, 6.45) is 4.63. The number of hydrogen-bond acceptors (Lipinski definition) is 3. The summed E-state index contributed by atoms with van der Waals surface area (Å²) in [6, 6.07) is 5.81. The van der Waals surface area contributed by atoms with Crippen molar-refractivity contribution in [3.8, 4) is 12.3 Å². The Kier molecular flexibility index (Phi) is 5.11. The summed E-state index contributed by atoms with van der Waals surface area (Å²) in [5.74, 6) is 0.651. The molecule has 1 aromatic rings. The van der Waals surface area contributed by atoms with Crippen molar-refractivity contribution >= 4 is 23.6 Å². The maximum atomic E-state index is 11.4. The number of anilines is 1. The number of carboxylic acid groups (broad SMARTS) is 1. The van der Waals surface area contributed by atoms with E-state index in [9.17, 15) is 14.4 Å². The number of hydrogen-bond donors (Lipinski definition) is 3. The summed E-state index contributed by atoms with van der Waals surface area (Å²) >= 11 is 0. The number of terminal acetylenes is 1. The summed E-state index contributed by atoms with van der Waals surface area (Å²) < 4.78 is 0. The molecule has 0 heterocycles. The van der Waals surface area contributed by atoms with E-state index in [4.69, 9.17) is 11.5 Å². The quantitative estimate of drug-likeness (QED) is 0.708. The van der Waals surface area contributed by atoms with Crippen LogP contribution in [0.15, 0.2) is 24.3 Å². The molecular formula is C13H12N2O4. The predicted molar refractivity (Wildman–Crippen MR) is 68.4 cm³/mol. The Morgan fingerprint density at radius 3 is 2.63 bits per heavy atom. The Balaban J connectivity index is 2.49. The molecule has 0 bridgehead atoms. The maximum Gasteiger partial charge on any atom is 0.325 e. The van der Waals surface area contributed by atoms with Crippen LogP contribution in [0.2, 0.25) is 0 Å². The number of carbonyl (C=O) groups is 3. The first-order valence-electron chi connectivity index (χ1n) is 5.40. The second kappa shape index (κ2) is 6.81. The molecule has 0 aliphatic rings. The molecule has 0 aromatic heterocycles. The van der Waals surface area contributed by atoms with E-state index in [2.05, 4.69) is 11.2 Å². The van der Waals surface area contributed by atoms with Crippen LogP contribution in [0.25, 0.3) is 0 Å². The molecule has 0 radical (unpaired) electrons. The van der Waals surface area contributed by atoms with E-state index >= 15 is 0 Å². The lowest BCUT2D eigenvalue weighted by Crippen LogP contribution is -2.34. The van der Waals surface area contributed by atoms with Crippen molar-refractivity contribution < 1.29 is 19.5 Å². The van der Waals surface area contributed by atoms with Gasteiger partial charge in [-0.25, -0.2) is 4.79 Å². The minimum atomic E-state index is -1.10. The topological polar surface area (TPSA) is 95.5 Å². The van der Waals surface area contributed by atoms with Gasteiger partial charge in [0, 0.05) is 17.7 Å². The molecule has 6 heteroatoms. The van der Waals surface area contributed by atoms with Crippen LogP contribution in [-0.4, -0.2) is 23.0 Å². The highest BCUT2D eigenvalue weighted by Gasteiger charge is 2.09. The Morgan fingerprint density at radius 1 is 1.26 bits per heavy atom. The van der Waals surface area contributed by atoms with Gasteiger partial charge in [-0.2, -0.15) is 0 Å². The Morgan fingerprint density at radius 2 is 2.00 bits per heavy atom. The zero-order chi connectivity index (χ0) is 14.3. The van der Waals surface area contributed by atoms with Crippen LogP contribution < -0.4 is 10.6 Å². The van der Waals surface area contributed by atoms with Gasteiger partial charge in [0.2, 0.25) is 5.91 Å². The summed E-state index contributed by atoms with van der Waals surface area (Å²) in [4.78, 5) is 32.9. The highest BCUT2D eigenvalue weighted by atomic mass is 16.4. The molecule has 98 valence electrons. The standard InChI is InChI=1S/C13H12N2O4/c1-2-9-4-3-5-10(8-9)14-13(19)15-11(16)6-7-12(17)18/h1,3-5,8H,6-7H2,(H,17,18)(H2,14,15,16,19). The average Bonchev–Trinajstić information content (AvgIpc) is 2.36. The van der Waals surface area contributed by atoms with E-state index < -0.39 is 17.9 Å². The van der Waals surface area contributed by atoms with E-state index in [1.807, 2.05) is 5.32 Å². The number of amides is 3. The Labute approximate surface area is 109 Å². The molecule has 0 unspecified atom stereocenters. The largest absolute Gasteiger partial charge is 0.481 e. The van der Waals surface area contributed by atoms with Crippen LogP contribution >= 0.6 is 0 Å². The van der Waals surface area contributed by atoms with Gasteiger partial charge < -0.3 is 10.4 Å². The van der Waals surface area contributed by atoms with E-state index in [1.54, 1.807) is 24.3 Å². The lowest BCUT2D eigenvalue weighted by Gasteiger charge is -2.06. The zero-order valence-electron chi connectivity index (χ0n) is 9.97. The highest BCUT2D eigenvalue weighted by Crippen LogP contribution is 2.09. The molecule has 1 rings (SSSR count). The number of rotatable bonds is 4. The molecule has 0 saturated heterocycles. The van der Waals surface area contributed by atoms with Crippen LogP contribution in [-0.2, 0) is 9.59 Å². The molecule has 0 aliphatic carbocycles. The number of imide groups is 1. The fourth-order valence-corrected chi connectivity index (χ4v) is 1.26. The van der Waals surface area contributed by atoms with Gasteiger partial charge in [0.25, 0.3) is 0 Å². The molecule has 1 aromatic carbocycles. The fraction of sp³-hybridized carbons (Fsp3) is 0.154. The maximum absolute atomic E-state index is 11.4. The monoisotopic (exact) mass is 260 g/mol. The van der Waals surface area contributed by atoms with Crippen LogP contribution in [0.1, 0.15) is 18.4 Å². The molecule has 0 atom stereocenters. The van der Waals surface area contributed by atoms with Crippen molar-refractivity contribution in [2.45, 2.75) is 12.8 Å². The summed E-state index contributed by atoms with van der Waals surface area (Å²) in [5.41, 5.74) is 1.04. The summed E-state index contributed by atoms with van der Waals surface area (Å²) in [6.45, 7) is 0. The second-order valence-electron chi connectivity index (χ2n) is 3.62. The molecule has 0 spiro atoms. The minimum absolute atomic E-state index is 0.257. The van der Waals surface area contributed by atoms with E-state index in [0.29, 0.717) is 11.3 Å². The van der Waals surface area contributed by atoms with Crippen molar-refractivity contribution in [1.29, 1.82) is 0 Å². The van der Waals surface area contributed by atoms with Crippen molar-refractivity contribution in [3.05, 3.63) is 29.8 Å². The molecule has 3 N–H and O–H groups in total. The van der Waals surface area contributed by atoms with E-state index in [1.165, 1.54) is 0 Å². The molecule has 0 aliphatic heterocycles. The van der Waals surface area contributed by atoms with Gasteiger partial charge in [0.15, 0.2) is 0 Å². The van der Waals surface area contributed by atoms with Crippen molar-refractivity contribution in [3.63, 3.8) is 0 Å². The molecular weight excluding hydrogens is 248 g/mol. The van der Waals surface area contributed by atoms with Crippen LogP contribution in [0.3, 0.4) is 0 Å². The number of aliphatic carboxylic acids is 1. The highest BCUT2D eigenvalue weighted by molar-refractivity contribution is 6.01. The van der Waals surface area contributed by atoms with Crippen LogP contribution in [0, 0.1) is 12.3 Å². The van der Waals surface area contributed by atoms with Gasteiger partial charge in [-0.05, 0) is 18.2 Å². The average molecular weight is 260 g/mol.